The van der Waals surface area contributed by atoms with Gasteiger partial charge in [0.1, 0.15) is 0 Å². The molecule has 11 heavy (non-hydrogen) atoms. The molecule has 0 atom stereocenters. The van der Waals surface area contributed by atoms with Crippen LogP contribution in [0.5, 0.6) is 0 Å². The first-order valence-electron chi connectivity index (χ1n) is 3.49. The Hall–Kier alpha value is -1.31. The minimum atomic E-state index is 0.496. The van der Waals surface area contributed by atoms with Crippen LogP contribution in [0.4, 0.5) is 0 Å². The summed E-state index contributed by atoms with van der Waals surface area (Å²) in [7, 11) is 0. The average Bonchev–Trinajstić information content (AvgIpc) is 2.06. The van der Waals surface area contributed by atoms with E-state index in [0.29, 0.717) is 12.2 Å². The van der Waals surface area contributed by atoms with Crippen LogP contribution in [-0.2, 0) is 11.0 Å². The monoisotopic (exact) mass is 150 g/mol. The van der Waals surface area contributed by atoms with Gasteiger partial charge in [0.2, 0.25) is 0 Å². The van der Waals surface area contributed by atoms with Gasteiger partial charge < -0.3 is 5.26 Å². The average molecular weight is 150 g/mol. The van der Waals surface area contributed by atoms with Crippen LogP contribution in [0.3, 0.4) is 0 Å². The fraction of sp³-hybridized carbons (Fsp3) is 0.222. The minimum absolute atomic E-state index is 0.496. The molecule has 0 N–H and O–H groups in total. The van der Waals surface area contributed by atoms with E-state index in [4.69, 9.17) is 0 Å². The number of rotatable bonds is 2. The van der Waals surface area contributed by atoms with E-state index in [1.807, 2.05) is 30.3 Å². The molecule has 0 unspecified atom stereocenters. The Kier molecular flexibility index (Phi) is 2.66. The summed E-state index contributed by atoms with van der Waals surface area (Å²) in [4.78, 5) is 0. The number of benzene rings is 1. The van der Waals surface area contributed by atoms with Crippen LogP contribution in [0, 0.1) is 0 Å². The standard InChI is InChI=1S/C9H10O2/c1-8(11-10)7-9-5-3-2-4-6-9/h2-6H,7H2,1H3. The van der Waals surface area contributed by atoms with Crippen molar-refractivity contribution in [2.45, 2.75) is 13.3 Å². The van der Waals surface area contributed by atoms with Gasteiger partial charge in [0.25, 0.3) is 0 Å². The van der Waals surface area contributed by atoms with Gasteiger partial charge in [0.05, 0.1) is 13.3 Å². The highest BCUT2D eigenvalue weighted by molar-refractivity contribution is 5.78. The molecule has 0 aliphatic rings. The fourth-order valence-electron chi connectivity index (χ4n) is 0.913. The van der Waals surface area contributed by atoms with Gasteiger partial charge in [0, 0.05) is 0 Å². The SMILES string of the molecule is CC(Cc1ccccc1)=[O+][O-]. The van der Waals surface area contributed by atoms with Gasteiger partial charge >= 0.3 is 5.78 Å². The molecule has 0 heterocycles. The number of hydrogen-bond donors (Lipinski definition) is 0. The van der Waals surface area contributed by atoms with Crippen molar-refractivity contribution < 1.29 is 9.83 Å². The lowest BCUT2D eigenvalue weighted by Crippen LogP contribution is -2.08. The molecule has 1 aromatic rings. The van der Waals surface area contributed by atoms with Crippen molar-refractivity contribution in [2.75, 3.05) is 0 Å². The third kappa shape index (κ3) is 2.42. The van der Waals surface area contributed by atoms with Crippen LogP contribution in [0.2, 0.25) is 0 Å². The van der Waals surface area contributed by atoms with Crippen molar-refractivity contribution in [3.05, 3.63) is 35.9 Å². The third-order valence-corrected chi connectivity index (χ3v) is 1.44. The van der Waals surface area contributed by atoms with E-state index in [2.05, 4.69) is 4.58 Å². The second kappa shape index (κ2) is 3.76. The summed E-state index contributed by atoms with van der Waals surface area (Å²) in [6.07, 6.45) is 0.602. The lowest BCUT2D eigenvalue weighted by Gasteiger charge is -1.91. The zero-order chi connectivity index (χ0) is 8.10. The molecule has 0 aromatic heterocycles. The van der Waals surface area contributed by atoms with Crippen LogP contribution in [0.15, 0.2) is 30.3 Å². The molecule has 58 valence electrons. The van der Waals surface area contributed by atoms with Gasteiger partial charge in [-0.05, 0) is 5.56 Å². The lowest BCUT2D eigenvalue weighted by molar-refractivity contribution is -1.05. The lowest BCUT2D eigenvalue weighted by atomic mass is 10.1. The number of carbonyl (C=O) groups excluding carboxylic acids is 1. The highest BCUT2D eigenvalue weighted by Gasteiger charge is 2.02. The topological polar surface area (TPSA) is 34.4 Å². The van der Waals surface area contributed by atoms with Gasteiger partial charge in [-0.15, -0.1) is 0 Å². The highest BCUT2D eigenvalue weighted by atomic mass is 17.1. The van der Waals surface area contributed by atoms with Gasteiger partial charge in [-0.1, -0.05) is 30.3 Å². The molecular formula is C9H10O2. The quantitative estimate of drug-likeness (QED) is 0.346. The Bertz CT molecular complexity index is 239. The predicted molar refractivity (Wildman–Crippen MR) is 40.8 cm³/mol. The summed E-state index contributed by atoms with van der Waals surface area (Å²) in [5.41, 5.74) is 1.10. The Balaban J connectivity index is 2.65. The van der Waals surface area contributed by atoms with E-state index in [1.165, 1.54) is 0 Å². The van der Waals surface area contributed by atoms with E-state index in [-0.39, 0.29) is 0 Å². The van der Waals surface area contributed by atoms with E-state index >= 15 is 0 Å². The molecule has 2 heteroatoms. The van der Waals surface area contributed by atoms with Gasteiger partial charge in [-0.25, -0.2) is 0 Å². The molecule has 0 amide bonds. The zero-order valence-corrected chi connectivity index (χ0v) is 6.41. The Labute approximate surface area is 65.7 Å². The fourth-order valence-corrected chi connectivity index (χ4v) is 0.913. The molecule has 1 rings (SSSR count). The maximum Gasteiger partial charge on any atom is 0.330 e. The molecule has 0 bridgehead atoms. The molecule has 0 spiro atoms. The molecule has 0 aliphatic carbocycles. The van der Waals surface area contributed by atoms with Crippen LogP contribution in [-0.4, -0.2) is 5.78 Å². The van der Waals surface area contributed by atoms with Crippen LogP contribution in [0.1, 0.15) is 12.5 Å². The smallest absolute Gasteiger partial charge is 0.330 e. The second-order valence-electron chi connectivity index (χ2n) is 2.45. The molecular weight excluding hydrogens is 140 g/mol. The predicted octanol–water partition coefficient (Wildman–Crippen LogP) is 0.629. The summed E-state index contributed by atoms with van der Waals surface area (Å²) in [6.45, 7) is 1.68. The minimum Gasteiger partial charge on any atom is -0.463 e. The normalized spacial score (nSPS) is 11.5. The zero-order valence-electron chi connectivity index (χ0n) is 6.41. The van der Waals surface area contributed by atoms with Gasteiger partial charge in [0.15, 0.2) is 0 Å². The van der Waals surface area contributed by atoms with Crippen LogP contribution in [0.25, 0.3) is 0 Å². The number of hydrogen-bond acceptors (Lipinski definition) is 1. The molecule has 2 nitrogen and oxygen atoms in total. The molecule has 0 saturated carbocycles. The van der Waals surface area contributed by atoms with Crippen molar-refractivity contribution in [3.8, 4) is 0 Å². The summed E-state index contributed by atoms with van der Waals surface area (Å²) in [5, 5.41) is 9.90. The Morgan fingerprint density at radius 3 is 2.55 bits per heavy atom. The summed E-state index contributed by atoms with van der Waals surface area (Å²) in [5.74, 6) is 0.496. The largest absolute Gasteiger partial charge is 0.463 e. The van der Waals surface area contributed by atoms with E-state index in [9.17, 15) is 5.26 Å². The molecule has 0 radical (unpaired) electrons. The number of ketones is 1. The van der Waals surface area contributed by atoms with Crippen molar-refractivity contribution >= 4 is 5.78 Å². The maximum absolute atomic E-state index is 9.90. The second-order valence-corrected chi connectivity index (χ2v) is 2.45. The van der Waals surface area contributed by atoms with E-state index in [0.717, 1.165) is 5.56 Å². The molecule has 0 fully saturated rings. The molecule has 0 aliphatic heterocycles. The van der Waals surface area contributed by atoms with Crippen LogP contribution >= 0.6 is 0 Å². The van der Waals surface area contributed by atoms with Gasteiger partial charge in [-0.3, -0.25) is 0 Å². The van der Waals surface area contributed by atoms with E-state index < -0.39 is 0 Å². The maximum atomic E-state index is 9.90. The van der Waals surface area contributed by atoms with Crippen LogP contribution < -0.4 is 5.26 Å². The third-order valence-electron chi connectivity index (χ3n) is 1.44. The van der Waals surface area contributed by atoms with Crippen molar-refractivity contribution in [1.29, 1.82) is 0 Å². The van der Waals surface area contributed by atoms with Crippen molar-refractivity contribution in [1.82, 2.24) is 0 Å². The molecule has 1 aromatic carbocycles. The first-order valence-corrected chi connectivity index (χ1v) is 3.49. The molecule has 0 saturated heterocycles. The van der Waals surface area contributed by atoms with Gasteiger partial charge in [-0.2, -0.15) is 4.58 Å². The first-order chi connectivity index (χ1) is 5.33. The highest BCUT2D eigenvalue weighted by Crippen LogP contribution is 1.99. The summed E-state index contributed by atoms with van der Waals surface area (Å²) in [6, 6.07) is 9.74. The van der Waals surface area contributed by atoms with Crippen molar-refractivity contribution in [2.24, 2.45) is 0 Å². The Morgan fingerprint density at radius 1 is 1.36 bits per heavy atom. The van der Waals surface area contributed by atoms with E-state index in [1.54, 1.807) is 6.92 Å². The Morgan fingerprint density at radius 2 is 2.00 bits per heavy atom. The summed E-state index contributed by atoms with van der Waals surface area (Å²) >= 11 is 0. The summed E-state index contributed by atoms with van der Waals surface area (Å²) < 4.78 is 3.82. The van der Waals surface area contributed by atoms with Crippen molar-refractivity contribution in [3.63, 3.8) is 0 Å². The first kappa shape index (κ1) is 7.79.